The number of rotatable bonds is 4. The number of carboxylic acids is 1. The number of amides is 1. The van der Waals surface area contributed by atoms with Gasteiger partial charge in [0.2, 0.25) is 5.91 Å². The maximum absolute atomic E-state index is 11.9. The maximum Gasteiger partial charge on any atom is 0.319 e. The molecule has 0 bridgehead atoms. The Kier molecular flexibility index (Phi) is 4.82. The highest BCUT2D eigenvalue weighted by atomic mass is 32.2. The predicted molar refractivity (Wildman–Crippen MR) is 66.2 cm³/mol. The number of carbonyl (C=O) groups excluding carboxylic acids is 1. The van der Waals surface area contributed by atoms with Crippen LogP contribution in [-0.2, 0) is 14.3 Å². The van der Waals surface area contributed by atoms with Crippen LogP contribution in [0.4, 0.5) is 0 Å². The first kappa shape index (κ1) is 14.3. The van der Waals surface area contributed by atoms with Gasteiger partial charge in [-0.2, -0.15) is 0 Å². The number of thioether (sulfide) groups is 1. The van der Waals surface area contributed by atoms with E-state index in [4.69, 9.17) is 9.84 Å². The topological polar surface area (TPSA) is 66.8 Å². The Morgan fingerprint density at radius 1 is 1.53 bits per heavy atom. The summed E-state index contributed by atoms with van der Waals surface area (Å²) in [5, 5.41) is 8.94. The normalized spacial score (nSPS) is 21.4. The van der Waals surface area contributed by atoms with E-state index in [-0.39, 0.29) is 17.8 Å². The van der Waals surface area contributed by atoms with E-state index in [1.165, 1.54) is 0 Å². The zero-order chi connectivity index (χ0) is 13.1. The minimum atomic E-state index is -0.923. The summed E-state index contributed by atoms with van der Waals surface area (Å²) in [6.07, 6.45) is 0.0604. The molecule has 0 saturated carbocycles. The summed E-state index contributed by atoms with van der Waals surface area (Å²) in [7, 11) is 0. The van der Waals surface area contributed by atoms with Crippen LogP contribution in [0, 0.1) is 0 Å². The molecule has 6 heteroatoms. The minimum Gasteiger partial charge on any atom is -0.480 e. The molecule has 0 aromatic carbocycles. The van der Waals surface area contributed by atoms with Crippen LogP contribution in [0.25, 0.3) is 0 Å². The lowest BCUT2D eigenvalue weighted by atomic mass is 10.2. The van der Waals surface area contributed by atoms with Crippen molar-refractivity contribution in [1.29, 1.82) is 0 Å². The maximum atomic E-state index is 11.9. The van der Waals surface area contributed by atoms with Crippen LogP contribution >= 0.6 is 11.8 Å². The number of ether oxygens (including phenoxy) is 1. The quantitative estimate of drug-likeness (QED) is 0.812. The molecule has 0 aliphatic carbocycles. The van der Waals surface area contributed by atoms with Crippen LogP contribution in [-0.4, -0.2) is 58.2 Å². The Morgan fingerprint density at radius 2 is 2.18 bits per heavy atom. The summed E-state index contributed by atoms with van der Waals surface area (Å²) >= 11 is 1.16. The Hall–Kier alpha value is -0.750. The van der Waals surface area contributed by atoms with Crippen LogP contribution in [0.5, 0.6) is 0 Å². The summed E-state index contributed by atoms with van der Waals surface area (Å²) in [6, 6.07) is 0. The van der Waals surface area contributed by atoms with Crippen molar-refractivity contribution in [3.8, 4) is 0 Å². The standard InChI is InChI=1S/C11H19NO4S/c1-8-6-12(4-5-16-8)9(13)7-17-11(2,3)10(14)15/h8H,4-7H2,1-3H3,(H,14,15). The largest absolute Gasteiger partial charge is 0.480 e. The number of hydrogen-bond donors (Lipinski definition) is 1. The van der Waals surface area contributed by atoms with E-state index >= 15 is 0 Å². The fourth-order valence-electron chi connectivity index (χ4n) is 1.44. The summed E-state index contributed by atoms with van der Waals surface area (Å²) in [5.41, 5.74) is 0. The van der Waals surface area contributed by atoms with Crippen LogP contribution in [0.15, 0.2) is 0 Å². The first-order valence-corrected chi connectivity index (χ1v) is 6.58. The van der Waals surface area contributed by atoms with E-state index in [0.29, 0.717) is 19.7 Å². The predicted octanol–water partition coefficient (Wildman–Crippen LogP) is 0.830. The lowest BCUT2D eigenvalue weighted by molar-refractivity contribution is -0.138. The number of carboxylic acid groups (broad SMARTS) is 1. The highest BCUT2D eigenvalue weighted by Crippen LogP contribution is 2.25. The number of morpholine rings is 1. The molecule has 1 atom stereocenters. The van der Waals surface area contributed by atoms with Gasteiger partial charge in [-0.15, -0.1) is 11.8 Å². The van der Waals surface area contributed by atoms with Gasteiger partial charge in [-0.3, -0.25) is 9.59 Å². The molecule has 1 unspecified atom stereocenters. The fourth-order valence-corrected chi connectivity index (χ4v) is 2.23. The molecule has 1 aliphatic rings. The fraction of sp³-hybridized carbons (Fsp3) is 0.818. The molecule has 1 N–H and O–H groups in total. The summed E-state index contributed by atoms with van der Waals surface area (Å²) < 4.78 is 4.42. The van der Waals surface area contributed by atoms with Crippen molar-refractivity contribution in [3.63, 3.8) is 0 Å². The second-order valence-corrected chi connectivity index (χ2v) is 6.22. The molecule has 0 spiro atoms. The Labute approximate surface area is 105 Å². The number of aliphatic carboxylic acids is 1. The molecule has 0 aromatic rings. The van der Waals surface area contributed by atoms with Gasteiger partial charge in [0.1, 0.15) is 4.75 Å². The van der Waals surface area contributed by atoms with Crippen molar-refractivity contribution in [2.75, 3.05) is 25.4 Å². The molecule has 1 heterocycles. The van der Waals surface area contributed by atoms with Crippen molar-refractivity contribution in [3.05, 3.63) is 0 Å². The van der Waals surface area contributed by atoms with Crippen LogP contribution in [0.2, 0.25) is 0 Å². The minimum absolute atomic E-state index is 0.0144. The Bertz CT molecular complexity index is 306. The second kappa shape index (κ2) is 5.73. The van der Waals surface area contributed by atoms with Gasteiger partial charge in [0.05, 0.1) is 18.5 Å². The second-order valence-electron chi connectivity index (χ2n) is 4.63. The van der Waals surface area contributed by atoms with Crippen LogP contribution in [0.1, 0.15) is 20.8 Å². The highest BCUT2D eigenvalue weighted by Gasteiger charge is 2.30. The molecule has 5 nitrogen and oxygen atoms in total. The molecular formula is C11H19NO4S. The third-order valence-corrected chi connectivity index (χ3v) is 3.95. The van der Waals surface area contributed by atoms with Crippen molar-refractivity contribution >= 4 is 23.6 Å². The third-order valence-electron chi connectivity index (χ3n) is 2.67. The van der Waals surface area contributed by atoms with Crippen LogP contribution in [0.3, 0.4) is 0 Å². The average molecular weight is 261 g/mol. The van der Waals surface area contributed by atoms with Crippen LogP contribution < -0.4 is 0 Å². The van der Waals surface area contributed by atoms with E-state index in [1.807, 2.05) is 6.92 Å². The van der Waals surface area contributed by atoms with Crippen molar-refractivity contribution in [1.82, 2.24) is 4.90 Å². The first-order valence-electron chi connectivity index (χ1n) is 5.59. The van der Waals surface area contributed by atoms with Gasteiger partial charge < -0.3 is 14.7 Å². The van der Waals surface area contributed by atoms with E-state index in [2.05, 4.69) is 0 Å². The van der Waals surface area contributed by atoms with Crippen molar-refractivity contribution in [2.45, 2.75) is 31.6 Å². The zero-order valence-electron chi connectivity index (χ0n) is 10.4. The monoisotopic (exact) mass is 261 g/mol. The highest BCUT2D eigenvalue weighted by molar-refractivity contribution is 8.01. The van der Waals surface area contributed by atoms with E-state index in [0.717, 1.165) is 11.8 Å². The summed E-state index contributed by atoms with van der Waals surface area (Å²) in [5.74, 6) is -0.712. The van der Waals surface area contributed by atoms with Gasteiger partial charge in [-0.05, 0) is 20.8 Å². The van der Waals surface area contributed by atoms with Gasteiger partial charge in [-0.25, -0.2) is 0 Å². The smallest absolute Gasteiger partial charge is 0.319 e. The molecular weight excluding hydrogens is 242 g/mol. The molecule has 1 fully saturated rings. The molecule has 17 heavy (non-hydrogen) atoms. The van der Waals surface area contributed by atoms with Gasteiger partial charge in [0.25, 0.3) is 0 Å². The molecule has 0 radical (unpaired) electrons. The first-order chi connectivity index (χ1) is 7.83. The zero-order valence-corrected chi connectivity index (χ0v) is 11.2. The van der Waals surface area contributed by atoms with Gasteiger partial charge in [0, 0.05) is 13.1 Å². The lowest BCUT2D eigenvalue weighted by Gasteiger charge is -2.31. The summed E-state index contributed by atoms with van der Waals surface area (Å²) in [4.78, 5) is 24.5. The molecule has 0 aromatic heterocycles. The van der Waals surface area contributed by atoms with E-state index in [1.54, 1.807) is 18.7 Å². The average Bonchev–Trinajstić information content (AvgIpc) is 2.25. The number of hydrogen-bond acceptors (Lipinski definition) is 4. The molecule has 98 valence electrons. The van der Waals surface area contributed by atoms with E-state index < -0.39 is 10.7 Å². The molecule has 1 rings (SSSR count). The Morgan fingerprint density at radius 3 is 2.71 bits per heavy atom. The summed E-state index contributed by atoms with van der Waals surface area (Å²) in [6.45, 7) is 6.88. The van der Waals surface area contributed by atoms with Gasteiger partial charge in [0.15, 0.2) is 0 Å². The van der Waals surface area contributed by atoms with Crippen molar-refractivity contribution < 1.29 is 19.4 Å². The SMILES string of the molecule is CC1CN(C(=O)CSC(C)(C)C(=O)O)CCO1. The molecule has 1 saturated heterocycles. The molecule has 1 amide bonds. The van der Waals surface area contributed by atoms with Gasteiger partial charge in [-0.1, -0.05) is 0 Å². The molecule has 1 aliphatic heterocycles. The van der Waals surface area contributed by atoms with E-state index in [9.17, 15) is 9.59 Å². The lowest BCUT2D eigenvalue weighted by Crippen LogP contribution is -2.45. The van der Waals surface area contributed by atoms with Crippen molar-refractivity contribution in [2.24, 2.45) is 0 Å². The van der Waals surface area contributed by atoms with Gasteiger partial charge >= 0.3 is 5.97 Å². The number of carbonyl (C=O) groups is 2. The Balaban J connectivity index is 2.41. The number of nitrogens with zero attached hydrogens (tertiary/aromatic N) is 1. The third kappa shape index (κ3) is 4.20.